The third-order valence-corrected chi connectivity index (χ3v) is 6.89. The van der Waals surface area contributed by atoms with Crippen molar-refractivity contribution >= 4 is 17.8 Å². The number of benzene rings is 3. The van der Waals surface area contributed by atoms with Crippen LogP contribution >= 0.6 is 0 Å². The summed E-state index contributed by atoms with van der Waals surface area (Å²) in [5.41, 5.74) is 0.940. The van der Waals surface area contributed by atoms with Crippen LogP contribution in [0.2, 0.25) is 0 Å². The first kappa shape index (κ1) is 30.8. The van der Waals surface area contributed by atoms with Crippen molar-refractivity contribution in [3.05, 3.63) is 102 Å². The topological polar surface area (TPSA) is 106 Å². The smallest absolute Gasteiger partial charge is 0.306 e. The van der Waals surface area contributed by atoms with Crippen molar-refractivity contribution in [3.8, 4) is 5.75 Å². The van der Waals surface area contributed by atoms with Crippen molar-refractivity contribution < 1.29 is 28.9 Å². The van der Waals surface area contributed by atoms with Crippen LogP contribution in [0.1, 0.15) is 62.6 Å². The lowest BCUT2D eigenvalue weighted by Crippen LogP contribution is -2.48. The SMILES string of the molecule is CC(C)(C)OC(=O)CC[C@]1(C(=O)NCC(c2ccccc2)c2ccccc2)COC(c2ccc(OCCCO)cc2)=N1. The number of amides is 1. The molecule has 4 rings (SSSR count). The Labute approximate surface area is 247 Å². The Kier molecular flexibility index (Phi) is 10.4. The second-order valence-electron chi connectivity index (χ2n) is 11.4. The minimum atomic E-state index is -1.29. The van der Waals surface area contributed by atoms with Gasteiger partial charge in [0.1, 0.15) is 18.0 Å². The summed E-state index contributed by atoms with van der Waals surface area (Å²) in [5, 5.41) is 12.1. The lowest BCUT2D eigenvalue weighted by molar-refractivity contribution is -0.155. The van der Waals surface area contributed by atoms with Gasteiger partial charge in [-0.2, -0.15) is 0 Å². The Morgan fingerprint density at radius 3 is 2.17 bits per heavy atom. The fraction of sp³-hybridized carbons (Fsp3) is 0.382. The molecule has 3 aromatic carbocycles. The van der Waals surface area contributed by atoms with Crippen LogP contribution in [0.4, 0.5) is 0 Å². The lowest BCUT2D eigenvalue weighted by Gasteiger charge is -2.26. The summed E-state index contributed by atoms with van der Waals surface area (Å²) >= 11 is 0. The van der Waals surface area contributed by atoms with Crippen LogP contribution in [0.15, 0.2) is 89.9 Å². The van der Waals surface area contributed by atoms with E-state index in [2.05, 4.69) is 5.32 Å². The molecule has 2 N–H and O–H groups in total. The molecule has 3 aromatic rings. The van der Waals surface area contributed by atoms with E-state index >= 15 is 0 Å². The van der Waals surface area contributed by atoms with Gasteiger partial charge in [-0.3, -0.25) is 9.59 Å². The van der Waals surface area contributed by atoms with Crippen molar-refractivity contribution in [1.82, 2.24) is 5.32 Å². The van der Waals surface area contributed by atoms with Crippen LogP contribution in [0, 0.1) is 0 Å². The summed E-state index contributed by atoms with van der Waals surface area (Å²) in [6.07, 6.45) is 0.701. The molecule has 1 aliphatic heterocycles. The third kappa shape index (κ3) is 8.42. The Bertz CT molecular complexity index is 1300. The number of esters is 1. The summed E-state index contributed by atoms with van der Waals surface area (Å²) in [6.45, 7) is 6.27. The van der Waals surface area contributed by atoms with E-state index in [0.29, 0.717) is 36.8 Å². The Morgan fingerprint density at radius 2 is 1.60 bits per heavy atom. The van der Waals surface area contributed by atoms with Crippen LogP contribution in [0.25, 0.3) is 0 Å². The van der Waals surface area contributed by atoms with Crippen LogP contribution in [-0.2, 0) is 19.1 Å². The summed E-state index contributed by atoms with van der Waals surface area (Å²) in [4.78, 5) is 31.3. The second-order valence-corrected chi connectivity index (χ2v) is 11.4. The second kappa shape index (κ2) is 14.1. The maximum Gasteiger partial charge on any atom is 0.306 e. The molecule has 0 saturated carbocycles. The Balaban J connectivity index is 1.55. The highest BCUT2D eigenvalue weighted by atomic mass is 16.6. The van der Waals surface area contributed by atoms with Crippen LogP contribution in [-0.4, -0.2) is 60.4 Å². The number of carbonyl (C=O) groups is 2. The van der Waals surface area contributed by atoms with E-state index in [9.17, 15) is 9.59 Å². The molecule has 0 aromatic heterocycles. The average molecular weight is 573 g/mol. The molecule has 42 heavy (non-hydrogen) atoms. The largest absolute Gasteiger partial charge is 0.494 e. The molecule has 1 atom stereocenters. The number of aliphatic hydroxyl groups excluding tert-OH is 1. The molecular weight excluding hydrogens is 532 g/mol. The zero-order chi connectivity index (χ0) is 30.0. The molecule has 222 valence electrons. The highest BCUT2D eigenvalue weighted by Crippen LogP contribution is 2.30. The van der Waals surface area contributed by atoms with Crippen molar-refractivity contribution in [2.75, 3.05) is 26.4 Å². The van der Waals surface area contributed by atoms with Gasteiger partial charge in [0.15, 0.2) is 5.54 Å². The van der Waals surface area contributed by atoms with Gasteiger partial charge in [0, 0.05) is 37.5 Å². The predicted molar refractivity (Wildman–Crippen MR) is 162 cm³/mol. The lowest BCUT2D eigenvalue weighted by atomic mass is 9.90. The van der Waals surface area contributed by atoms with Crippen LogP contribution in [0.3, 0.4) is 0 Å². The van der Waals surface area contributed by atoms with Crippen LogP contribution in [0.5, 0.6) is 5.75 Å². The number of aliphatic hydroxyl groups is 1. The predicted octanol–water partition coefficient (Wildman–Crippen LogP) is 5.03. The first-order valence-corrected chi connectivity index (χ1v) is 14.4. The zero-order valence-electron chi connectivity index (χ0n) is 24.5. The molecule has 0 unspecified atom stereocenters. The third-order valence-electron chi connectivity index (χ3n) is 6.89. The number of nitrogens with one attached hydrogen (secondary N) is 1. The van der Waals surface area contributed by atoms with Crippen LogP contribution < -0.4 is 10.1 Å². The molecule has 1 amide bonds. The minimum absolute atomic E-state index is 0.00700. The fourth-order valence-corrected chi connectivity index (χ4v) is 4.76. The monoisotopic (exact) mass is 572 g/mol. The molecule has 8 nitrogen and oxygen atoms in total. The van der Waals surface area contributed by atoms with Gasteiger partial charge in [0.25, 0.3) is 5.91 Å². The molecule has 0 aliphatic carbocycles. The number of hydrogen-bond donors (Lipinski definition) is 2. The van der Waals surface area contributed by atoms with Crippen molar-refractivity contribution in [2.45, 2.75) is 57.1 Å². The maximum atomic E-state index is 13.9. The van der Waals surface area contributed by atoms with E-state index in [4.69, 9.17) is 24.3 Å². The molecule has 1 aliphatic rings. The van der Waals surface area contributed by atoms with E-state index in [0.717, 1.165) is 11.1 Å². The van der Waals surface area contributed by atoms with E-state index in [1.807, 2.05) is 93.6 Å². The molecule has 0 fully saturated rings. The van der Waals surface area contributed by atoms with Crippen molar-refractivity contribution in [3.63, 3.8) is 0 Å². The molecule has 1 heterocycles. The summed E-state index contributed by atoms with van der Waals surface area (Å²) < 4.78 is 17.1. The summed E-state index contributed by atoms with van der Waals surface area (Å²) in [6, 6.07) is 27.3. The zero-order valence-corrected chi connectivity index (χ0v) is 24.5. The number of nitrogens with zero attached hydrogens (tertiary/aromatic N) is 1. The number of ether oxygens (including phenoxy) is 3. The number of hydrogen-bond acceptors (Lipinski definition) is 7. The quantitative estimate of drug-likeness (QED) is 0.220. The van der Waals surface area contributed by atoms with E-state index in [-0.39, 0.29) is 37.9 Å². The average Bonchev–Trinajstić information content (AvgIpc) is 3.43. The molecule has 0 bridgehead atoms. The Hall–Kier alpha value is -4.17. The van der Waals surface area contributed by atoms with Gasteiger partial charge in [0.05, 0.1) is 6.61 Å². The minimum Gasteiger partial charge on any atom is -0.494 e. The van der Waals surface area contributed by atoms with Crippen molar-refractivity contribution in [1.29, 1.82) is 0 Å². The van der Waals surface area contributed by atoms with Crippen molar-refractivity contribution in [2.24, 2.45) is 4.99 Å². The highest BCUT2D eigenvalue weighted by Gasteiger charge is 2.45. The molecule has 0 radical (unpaired) electrons. The molecular formula is C34H40N2O6. The number of rotatable bonds is 13. The van der Waals surface area contributed by atoms with Gasteiger partial charge < -0.3 is 24.6 Å². The van der Waals surface area contributed by atoms with E-state index in [1.54, 1.807) is 12.1 Å². The summed E-state index contributed by atoms with van der Waals surface area (Å²) in [7, 11) is 0. The van der Waals surface area contributed by atoms with E-state index in [1.165, 1.54) is 0 Å². The highest BCUT2D eigenvalue weighted by molar-refractivity contribution is 6.00. The first-order valence-electron chi connectivity index (χ1n) is 14.4. The number of aliphatic imine (C=N–C) groups is 1. The first-order chi connectivity index (χ1) is 20.2. The van der Waals surface area contributed by atoms with Gasteiger partial charge in [-0.25, -0.2) is 4.99 Å². The van der Waals surface area contributed by atoms with Gasteiger partial charge in [-0.05, 0) is 62.6 Å². The normalized spacial score (nSPS) is 16.5. The van der Waals surface area contributed by atoms with E-state index < -0.39 is 17.1 Å². The maximum absolute atomic E-state index is 13.9. The molecule has 0 saturated heterocycles. The Morgan fingerprint density at radius 1 is 0.976 bits per heavy atom. The summed E-state index contributed by atoms with van der Waals surface area (Å²) in [5.74, 6) is 0.228. The van der Waals surface area contributed by atoms with Gasteiger partial charge in [-0.1, -0.05) is 60.7 Å². The molecule has 8 heteroatoms. The van der Waals surface area contributed by atoms with Gasteiger partial charge >= 0.3 is 5.97 Å². The number of carbonyl (C=O) groups excluding carboxylic acids is 2. The van der Waals surface area contributed by atoms with Gasteiger partial charge in [-0.15, -0.1) is 0 Å². The standard InChI is InChI=1S/C34H40N2O6/c1-33(2,3)42-30(38)19-20-34(24-41-31(36-34)27-15-17-28(18-16-27)40-22-10-21-37)32(39)35-23-29(25-11-6-4-7-12-25)26-13-8-5-9-14-26/h4-9,11-18,29,37H,10,19-24H2,1-3H3,(H,35,39)/t34-/m1/s1. The fourth-order valence-electron chi connectivity index (χ4n) is 4.76. The van der Waals surface area contributed by atoms with Gasteiger partial charge in [0.2, 0.25) is 5.90 Å². The molecule has 0 spiro atoms.